The SMILES string of the molecule is CS(=O)(=O)c1ccc(CNc2nc(F)c(F)cc2F)cc1. The van der Waals surface area contributed by atoms with E-state index in [1.165, 1.54) is 24.3 Å². The molecule has 1 aromatic heterocycles. The predicted molar refractivity (Wildman–Crippen MR) is 71.0 cm³/mol. The molecule has 0 amide bonds. The molecule has 0 atom stereocenters. The van der Waals surface area contributed by atoms with E-state index < -0.39 is 33.2 Å². The maximum atomic E-state index is 13.3. The van der Waals surface area contributed by atoms with Crippen LogP contribution in [-0.4, -0.2) is 19.7 Å². The molecule has 0 aliphatic carbocycles. The van der Waals surface area contributed by atoms with E-state index in [9.17, 15) is 21.6 Å². The minimum atomic E-state index is -3.29. The standard InChI is InChI=1S/C13H11F3N2O2S/c1-21(19,20)9-4-2-8(3-5-9)7-17-13-11(15)6-10(14)12(16)18-13/h2-6H,7H2,1H3,(H,17,18). The van der Waals surface area contributed by atoms with Crippen LogP contribution in [0, 0.1) is 17.6 Å². The van der Waals surface area contributed by atoms with Gasteiger partial charge in [0, 0.05) is 18.9 Å². The Balaban J connectivity index is 2.12. The molecule has 1 N–H and O–H groups in total. The molecular formula is C13H11F3N2O2S. The summed E-state index contributed by atoms with van der Waals surface area (Å²) < 4.78 is 61.5. The highest BCUT2D eigenvalue weighted by molar-refractivity contribution is 7.90. The average Bonchev–Trinajstić information content (AvgIpc) is 2.41. The Kier molecular flexibility index (Phi) is 4.17. The molecule has 4 nitrogen and oxygen atoms in total. The van der Waals surface area contributed by atoms with Crippen LogP contribution in [0.3, 0.4) is 0 Å². The molecule has 0 saturated heterocycles. The van der Waals surface area contributed by atoms with Gasteiger partial charge in [0.25, 0.3) is 5.95 Å². The van der Waals surface area contributed by atoms with Crippen molar-refractivity contribution in [1.82, 2.24) is 4.98 Å². The molecule has 0 aliphatic heterocycles. The van der Waals surface area contributed by atoms with Gasteiger partial charge in [-0.05, 0) is 17.7 Å². The summed E-state index contributed by atoms with van der Waals surface area (Å²) in [5.41, 5.74) is 0.633. The second kappa shape index (κ2) is 5.72. The van der Waals surface area contributed by atoms with E-state index in [0.29, 0.717) is 11.6 Å². The predicted octanol–water partition coefficient (Wildman–Crippen LogP) is 2.51. The second-order valence-corrected chi connectivity index (χ2v) is 6.38. The van der Waals surface area contributed by atoms with Crippen LogP contribution in [-0.2, 0) is 16.4 Å². The summed E-state index contributed by atoms with van der Waals surface area (Å²) in [5.74, 6) is -4.19. The summed E-state index contributed by atoms with van der Waals surface area (Å²) in [7, 11) is -3.29. The zero-order chi connectivity index (χ0) is 15.6. The zero-order valence-corrected chi connectivity index (χ0v) is 11.7. The van der Waals surface area contributed by atoms with E-state index in [1.54, 1.807) is 0 Å². The Labute approximate surface area is 119 Å². The van der Waals surface area contributed by atoms with Gasteiger partial charge in [-0.2, -0.15) is 9.37 Å². The van der Waals surface area contributed by atoms with Crippen LogP contribution in [0.5, 0.6) is 0 Å². The van der Waals surface area contributed by atoms with Gasteiger partial charge in [-0.15, -0.1) is 0 Å². The van der Waals surface area contributed by atoms with E-state index in [1.807, 2.05) is 0 Å². The van der Waals surface area contributed by atoms with Crippen molar-refractivity contribution in [2.45, 2.75) is 11.4 Å². The smallest absolute Gasteiger partial charge is 0.251 e. The first-order chi connectivity index (χ1) is 9.77. The second-order valence-electron chi connectivity index (χ2n) is 4.36. The highest BCUT2D eigenvalue weighted by Gasteiger charge is 2.11. The Morgan fingerprint density at radius 3 is 2.29 bits per heavy atom. The summed E-state index contributed by atoms with van der Waals surface area (Å²) in [6.07, 6.45) is 1.08. The Hall–Kier alpha value is -2.09. The first-order valence-electron chi connectivity index (χ1n) is 5.82. The number of nitrogens with zero attached hydrogens (tertiary/aromatic N) is 1. The van der Waals surface area contributed by atoms with Crippen LogP contribution in [0.2, 0.25) is 0 Å². The van der Waals surface area contributed by atoms with E-state index in [0.717, 1.165) is 6.26 Å². The number of aromatic nitrogens is 1. The topological polar surface area (TPSA) is 59.1 Å². The quantitative estimate of drug-likeness (QED) is 0.881. The van der Waals surface area contributed by atoms with Gasteiger partial charge >= 0.3 is 0 Å². The van der Waals surface area contributed by atoms with Crippen molar-refractivity contribution < 1.29 is 21.6 Å². The van der Waals surface area contributed by atoms with Crippen LogP contribution >= 0.6 is 0 Å². The highest BCUT2D eigenvalue weighted by atomic mass is 32.2. The number of hydrogen-bond donors (Lipinski definition) is 1. The van der Waals surface area contributed by atoms with Gasteiger partial charge in [-0.3, -0.25) is 0 Å². The monoisotopic (exact) mass is 316 g/mol. The molecule has 1 aromatic carbocycles. The number of hydrogen-bond acceptors (Lipinski definition) is 4. The largest absolute Gasteiger partial charge is 0.363 e. The highest BCUT2D eigenvalue weighted by Crippen LogP contribution is 2.16. The van der Waals surface area contributed by atoms with Gasteiger partial charge in [-0.25, -0.2) is 17.2 Å². The average molecular weight is 316 g/mol. The molecule has 0 aliphatic rings. The normalized spacial score (nSPS) is 11.4. The van der Waals surface area contributed by atoms with Gasteiger partial charge in [0.2, 0.25) is 0 Å². The Morgan fingerprint density at radius 1 is 1.10 bits per heavy atom. The fraction of sp³-hybridized carbons (Fsp3) is 0.154. The molecule has 0 bridgehead atoms. The van der Waals surface area contributed by atoms with Gasteiger partial charge in [0.15, 0.2) is 27.3 Å². The molecule has 0 radical (unpaired) electrons. The van der Waals surface area contributed by atoms with Crippen molar-refractivity contribution >= 4 is 15.7 Å². The first kappa shape index (κ1) is 15.3. The Morgan fingerprint density at radius 2 is 1.71 bits per heavy atom. The lowest BCUT2D eigenvalue weighted by atomic mass is 10.2. The molecule has 0 unspecified atom stereocenters. The molecule has 0 spiro atoms. The minimum absolute atomic E-state index is 0.0824. The third-order valence-corrected chi connectivity index (χ3v) is 3.83. The third kappa shape index (κ3) is 3.72. The number of nitrogens with one attached hydrogen (secondary N) is 1. The Bertz CT molecular complexity index is 762. The number of pyridine rings is 1. The minimum Gasteiger partial charge on any atom is -0.363 e. The number of rotatable bonds is 4. The van der Waals surface area contributed by atoms with E-state index >= 15 is 0 Å². The van der Waals surface area contributed by atoms with Gasteiger partial charge in [-0.1, -0.05) is 12.1 Å². The number of anilines is 1. The molecule has 2 rings (SSSR count). The van der Waals surface area contributed by atoms with Gasteiger partial charge in [0.1, 0.15) is 0 Å². The maximum Gasteiger partial charge on any atom is 0.251 e. The van der Waals surface area contributed by atoms with Crippen molar-refractivity contribution in [3.05, 3.63) is 53.5 Å². The molecule has 1 heterocycles. The van der Waals surface area contributed by atoms with E-state index in [-0.39, 0.29) is 11.4 Å². The van der Waals surface area contributed by atoms with Crippen molar-refractivity contribution in [1.29, 1.82) is 0 Å². The first-order valence-corrected chi connectivity index (χ1v) is 7.71. The fourth-order valence-corrected chi connectivity index (χ4v) is 2.24. The third-order valence-electron chi connectivity index (χ3n) is 2.70. The van der Waals surface area contributed by atoms with Crippen LogP contribution in [0.15, 0.2) is 35.2 Å². The molecule has 112 valence electrons. The van der Waals surface area contributed by atoms with Crippen LogP contribution < -0.4 is 5.32 Å². The molecule has 0 fully saturated rings. The van der Waals surface area contributed by atoms with Gasteiger partial charge in [0.05, 0.1) is 4.90 Å². The van der Waals surface area contributed by atoms with Crippen molar-refractivity contribution in [3.8, 4) is 0 Å². The van der Waals surface area contributed by atoms with Crippen molar-refractivity contribution in [2.75, 3.05) is 11.6 Å². The van der Waals surface area contributed by atoms with Crippen LogP contribution in [0.1, 0.15) is 5.56 Å². The van der Waals surface area contributed by atoms with Crippen molar-refractivity contribution in [3.63, 3.8) is 0 Å². The number of benzene rings is 1. The lowest BCUT2D eigenvalue weighted by Gasteiger charge is -2.07. The molecule has 2 aromatic rings. The fourth-order valence-electron chi connectivity index (χ4n) is 1.61. The summed E-state index contributed by atoms with van der Waals surface area (Å²) in [6.45, 7) is 0.0824. The van der Waals surface area contributed by atoms with E-state index in [2.05, 4.69) is 10.3 Å². The summed E-state index contributed by atoms with van der Waals surface area (Å²) in [5, 5.41) is 2.51. The van der Waals surface area contributed by atoms with Gasteiger partial charge < -0.3 is 5.32 Å². The maximum absolute atomic E-state index is 13.3. The molecular weight excluding hydrogens is 305 g/mol. The summed E-state index contributed by atoms with van der Waals surface area (Å²) >= 11 is 0. The lowest BCUT2D eigenvalue weighted by Crippen LogP contribution is -2.06. The van der Waals surface area contributed by atoms with Crippen LogP contribution in [0.25, 0.3) is 0 Å². The summed E-state index contributed by atoms with van der Waals surface area (Å²) in [4.78, 5) is 3.28. The van der Waals surface area contributed by atoms with Crippen LogP contribution in [0.4, 0.5) is 19.0 Å². The molecule has 21 heavy (non-hydrogen) atoms. The summed E-state index contributed by atoms with van der Waals surface area (Å²) in [6, 6.07) is 6.27. The molecule has 8 heteroatoms. The van der Waals surface area contributed by atoms with E-state index in [4.69, 9.17) is 0 Å². The zero-order valence-electron chi connectivity index (χ0n) is 10.9. The number of sulfone groups is 1. The number of halogens is 3. The lowest BCUT2D eigenvalue weighted by molar-refractivity contribution is 0.466. The van der Waals surface area contributed by atoms with Crippen molar-refractivity contribution in [2.24, 2.45) is 0 Å². The molecule has 0 saturated carbocycles.